The van der Waals surface area contributed by atoms with E-state index in [1.54, 1.807) is 0 Å². The number of anilines is 1. The fourth-order valence-electron chi connectivity index (χ4n) is 1.42. The molecule has 0 aliphatic carbocycles. The highest BCUT2D eigenvalue weighted by molar-refractivity contribution is 7.90. The number of aromatic nitrogens is 2. The van der Waals surface area contributed by atoms with Gasteiger partial charge in [0, 0.05) is 19.3 Å². The van der Waals surface area contributed by atoms with Crippen LogP contribution in [0.2, 0.25) is 0 Å². The van der Waals surface area contributed by atoms with Crippen LogP contribution in [-0.2, 0) is 16.4 Å². The Kier molecular flexibility index (Phi) is 1.84. The predicted molar refractivity (Wildman–Crippen MR) is 50.1 cm³/mol. The lowest BCUT2D eigenvalue weighted by molar-refractivity contribution is 0.600. The first-order valence-corrected chi connectivity index (χ1v) is 5.93. The third kappa shape index (κ3) is 1.29. The second-order valence-electron chi connectivity index (χ2n) is 3.10. The average Bonchev–Trinajstić information content (AvgIpc) is 2.50. The van der Waals surface area contributed by atoms with Crippen molar-refractivity contribution >= 4 is 15.7 Å². The van der Waals surface area contributed by atoms with Crippen molar-refractivity contribution in [2.75, 3.05) is 18.1 Å². The van der Waals surface area contributed by atoms with Crippen LogP contribution in [0.15, 0.2) is 15.9 Å². The Morgan fingerprint density at radius 1 is 1.57 bits per heavy atom. The van der Waals surface area contributed by atoms with E-state index in [2.05, 4.69) is 10.3 Å². The van der Waals surface area contributed by atoms with Crippen LogP contribution in [0, 0.1) is 0 Å². The molecule has 0 spiro atoms. The maximum Gasteiger partial charge on any atom is 0.349 e. The zero-order valence-electron chi connectivity index (χ0n) is 7.52. The van der Waals surface area contributed by atoms with Gasteiger partial charge < -0.3 is 5.32 Å². The van der Waals surface area contributed by atoms with Gasteiger partial charge in [-0.3, -0.25) is 4.57 Å². The molecule has 0 bridgehead atoms. The zero-order valence-corrected chi connectivity index (χ0v) is 8.34. The molecule has 0 fully saturated rings. The van der Waals surface area contributed by atoms with Crippen molar-refractivity contribution < 1.29 is 8.42 Å². The van der Waals surface area contributed by atoms with Crippen molar-refractivity contribution in [1.82, 2.24) is 9.55 Å². The largest absolute Gasteiger partial charge is 0.368 e. The number of hydrogen-bond donors (Lipinski definition) is 1. The normalized spacial score (nSPS) is 14.9. The van der Waals surface area contributed by atoms with E-state index in [4.69, 9.17) is 0 Å². The molecule has 0 aromatic carbocycles. The molecule has 0 atom stereocenters. The summed E-state index contributed by atoms with van der Waals surface area (Å²) in [5.41, 5.74) is -0.419. The number of sulfone groups is 1. The smallest absolute Gasteiger partial charge is 0.349 e. The minimum atomic E-state index is -3.33. The zero-order chi connectivity index (χ0) is 10.3. The van der Waals surface area contributed by atoms with Crippen LogP contribution in [0.1, 0.15) is 0 Å². The topological polar surface area (TPSA) is 81.1 Å². The first kappa shape index (κ1) is 9.20. The molecule has 6 nitrogen and oxygen atoms in total. The van der Waals surface area contributed by atoms with Gasteiger partial charge in [0.15, 0.2) is 9.84 Å². The number of rotatable bonds is 1. The summed E-state index contributed by atoms with van der Waals surface area (Å²) >= 11 is 0. The van der Waals surface area contributed by atoms with Crippen molar-refractivity contribution in [3.05, 3.63) is 16.7 Å². The third-order valence-corrected chi connectivity index (χ3v) is 3.15. The molecule has 1 aromatic heterocycles. The molecule has 0 amide bonds. The van der Waals surface area contributed by atoms with E-state index in [1.807, 2.05) is 0 Å². The molecule has 2 rings (SSSR count). The Hall–Kier alpha value is -1.37. The van der Waals surface area contributed by atoms with Gasteiger partial charge in [-0.1, -0.05) is 0 Å². The Bertz CT molecular complexity index is 532. The molecular formula is C7H9N3O3S. The summed E-state index contributed by atoms with van der Waals surface area (Å²) in [7, 11) is -3.33. The van der Waals surface area contributed by atoms with Gasteiger partial charge >= 0.3 is 5.69 Å². The van der Waals surface area contributed by atoms with Crippen molar-refractivity contribution in [1.29, 1.82) is 0 Å². The Labute approximate surface area is 80.5 Å². The van der Waals surface area contributed by atoms with Gasteiger partial charge in [-0.25, -0.2) is 18.2 Å². The average molecular weight is 215 g/mol. The molecule has 7 heteroatoms. The third-order valence-electron chi connectivity index (χ3n) is 2.05. The van der Waals surface area contributed by atoms with Crippen LogP contribution in [-0.4, -0.2) is 30.8 Å². The van der Waals surface area contributed by atoms with Gasteiger partial charge in [0.25, 0.3) is 0 Å². The lowest BCUT2D eigenvalue weighted by atomic mass is 10.6. The molecule has 1 aliphatic rings. The number of hydrogen-bond acceptors (Lipinski definition) is 5. The summed E-state index contributed by atoms with van der Waals surface area (Å²) in [6.45, 7) is 1.02. The summed E-state index contributed by atoms with van der Waals surface area (Å²) < 4.78 is 23.9. The molecule has 2 heterocycles. The molecule has 1 aliphatic heterocycles. The molecule has 0 unspecified atom stereocenters. The SMILES string of the molecule is CS(=O)(=O)c1cnc(=O)n2c1NCC2. The van der Waals surface area contributed by atoms with Crippen LogP contribution in [0.4, 0.5) is 5.82 Å². The van der Waals surface area contributed by atoms with Gasteiger partial charge in [0.1, 0.15) is 10.7 Å². The van der Waals surface area contributed by atoms with Gasteiger partial charge in [0.2, 0.25) is 0 Å². The van der Waals surface area contributed by atoms with E-state index in [0.717, 1.165) is 12.5 Å². The van der Waals surface area contributed by atoms with Crippen molar-refractivity contribution in [2.45, 2.75) is 11.4 Å². The van der Waals surface area contributed by atoms with E-state index in [-0.39, 0.29) is 4.90 Å². The first-order valence-electron chi connectivity index (χ1n) is 4.04. The maximum absolute atomic E-state index is 11.3. The quantitative estimate of drug-likeness (QED) is 0.654. The van der Waals surface area contributed by atoms with Crippen LogP contribution in [0.25, 0.3) is 0 Å². The minimum absolute atomic E-state index is 0.0783. The van der Waals surface area contributed by atoms with Crippen molar-refractivity contribution in [3.63, 3.8) is 0 Å². The highest BCUT2D eigenvalue weighted by Gasteiger charge is 2.21. The summed E-state index contributed by atoms with van der Waals surface area (Å²) in [6.07, 6.45) is 2.19. The lowest BCUT2D eigenvalue weighted by Crippen LogP contribution is -2.22. The number of fused-ring (bicyclic) bond motifs is 1. The Morgan fingerprint density at radius 2 is 2.29 bits per heavy atom. The fraction of sp³-hybridized carbons (Fsp3) is 0.429. The molecule has 1 N–H and O–H groups in total. The second kappa shape index (κ2) is 2.81. The van der Waals surface area contributed by atoms with E-state index in [1.165, 1.54) is 4.57 Å². The van der Waals surface area contributed by atoms with E-state index < -0.39 is 15.5 Å². The second-order valence-corrected chi connectivity index (χ2v) is 5.09. The van der Waals surface area contributed by atoms with Crippen LogP contribution < -0.4 is 11.0 Å². The van der Waals surface area contributed by atoms with Gasteiger partial charge in [-0.15, -0.1) is 0 Å². The van der Waals surface area contributed by atoms with Gasteiger partial charge in [0.05, 0.1) is 6.20 Å². The lowest BCUT2D eigenvalue weighted by Gasteiger charge is -2.05. The first-order chi connectivity index (χ1) is 6.50. The monoisotopic (exact) mass is 215 g/mol. The minimum Gasteiger partial charge on any atom is -0.368 e. The maximum atomic E-state index is 11.3. The Balaban J connectivity index is 2.78. The van der Waals surface area contributed by atoms with Gasteiger partial charge in [-0.2, -0.15) is 0 Å². The molecule has 14 heavy (non-hydrogen) atoms. The van der Waals surface area contributed by atoms with Crippen LogP contribution >= 0.6 is 0 Å². The highest BCUT2D eigenvalue weighted by atomic mass is 32.2. The van der Waals surface area contributed by atoms with Crippen LogP contribution in [0.5, 0.6) is 0 Å². The summed E-state index contributed by atoms with van der Waals surface area (Å²) in [5.74, 6) is 0.354. The van der Waals surface area contributed by atoms with Crippen molar-refractivity contribution in [3.8, 4) is 0 Å². The summed E-state index contributed by atoms with van der Waals surface area (Å²) in [5, 5.41) is 2.86. The standard InChI is InChI=1S/C7H9N3O3S/c1-14(12,13)5-4-9-7(11)10-3-2-8-6(5)10/h4,8H,2-3H2,1H3. The molecule has 0 saturated heterocycles. The number of nitrogens with zero attached hydrogens (tertiary/aromatic N) is 2. The predicted octanol–water partition coefficient (Wildman–Crippen LogP) is -0.928. The summed E-state index contributed by atoms with van der Waals surface area (Å²) in [4.78, 5) is 14.8. The van der Waals surface area contributed by atoms with E-state index in [9.17, 15) is 13.2 Å². The van der Waals surface area contributed by atoms with Crippen molar-refractivity contribution in [2.24, 2.45) is 0 Å². The van der Waals surface area contributed by atoms with E-state index >= 15 is 0 Å². The number of nitrogens with one attached hydrogen (secondary N) is 1. The molecular weight excluding hydrogens is 206 g/mol. The fourth-order valence-corrected chi connectivity index (χ4v) is 2.20. The van der Waals surface area contributed by atoms with Gasteiger partial charge in [-0.05, 0) is 0 Å². The Morgan fingerprint density at radius 3 is 2.93 bits per heavy atom. The van der Waals surface area contributed by atoms with Crippen LogP contribution in [0.3, 0.4) is 0 Å². The molecule has 0 radical (unpaired) electrons. The molecule has 76 valence electrons. The molecule has 1 aromatic rings. The molecule has 0 saturated carbocycles. The highest BCUT2D eigenvalue weighted by Crippen LogP contribution is 2.20. The summed E-state index contributed by atoms with van der Waals surface area (Å²) in [6, 6.07) is 0. The van der Waals surface area contributed by atoms with E-state index in [0.29, 0.717) is 18.9 Å².